The zero-order valence-electron chi connectivity index (χ0n) is 9.95. The molecule has 0 bridgehead atoms. The largest absolute Gasteiger partial charge is 0.409 e. The molecule has 0 aliphatic carbocycles. The average Bonchev–Trinajstić information content (AvgIpc) is 2.82. The molecule has 0 saturated heterocycles. The van der Waals surface area contributed by atoms with Crippen LogP contribution in [0.5, 0.6) is 0 Å². The van der Waals surface area contributed by atoms with E-state index in [4.69, 9.17) is 10.9 Å². The van der Waals surface area contributed by atoms with Gasteiger partial charge in [-0.05, 0) is 10.3 Å². The Morgan fingerprint density at radius 3 is 2.89 bits per heavy atom. The molecule has 0 saturated carbocycles. The Labute approximate surface area is 104 Å². The maximum Gasteiger partial charge on any atom is 0.202 e. The first-order chi connectivity index (χ1) is 8.50. The van der Waals surface area contributed by atoms with Crippen LogP contribution in [0.25, 0.3) is 0 Å². The number of aromatic nitrogens is 2. The first-order valence-corrected chi connectivity index (χ1v) is 6.81. The van der Waals surface area contributed by atoms with Gasteiger partial charge in [-0.2, -0.15) is 0 Å². The van der Waals surface area contributed by atoms with E-state index < -0.39 is 9.92 Å². The van der Waals surface area contributed by atoms with E-state index in [1.807, 2.05) is 0 Å². The minimum Gasteiger partial charge on any atom is -0.409 e. The molecule has 1 rings (SSSR count). The van der Waals surface area contributed by atoms with E-state index in [0.29, 0.717) is 13.1 Å². The zero-order chi connectivity index (χ0) is 13.6. The Morgan fingerprint density at radius 1 is 1.56 bits per heavy atom. The van der Waals surface area contributed by atoms with Crippen molar-refractivity contribution in [3.05, 3.63) is 5.69 Å². The van der Waals surface area contributed by atoms with Crippen molar-refractivity contribution in [1.29, 1.82) is 0 Å². The van der Waals surface area contributed by atoms with Gasteiger partial charge < -0.3 is 16.3 Å². The van der Waals surface area contributed by atoms with Gasteiger partial charge in [0.05, 0.1) is 0 Å². The molecule has 0 aromatic carbocycles. The highest BCUT2D eigenvalue weighted by atomic mass is 32.2. The van der Waals surface area contributed by atoms with Crippen LogP contribution in [0, 0.1) is 0 Å². The third-order valence-electron chi connectivity index (χ3n) is 1.97. The van der Waals surface area contributed by atoms with Crippen LogP contribution >= 0.6 is 0 Å². The summed E-state index contributed by atoms with van der Waals surface area (Å²) in [6, 6.07) is 0. The number of nitrogens with two attached hydrogens (primary N) is 1. The summed E-state index contributed by atoms with van der Waals surface area (Å²) in [4.78, 5) is 0. The summed E-state index contributed by atoms with van der Waals surface area (Å²) in [7, 11) is -0.882. The number of anilines is 1. The standard InChI is InChI=1S/C7H15N7O3S/c1-9-18(2,16)11-4-3-10-7-5(6(8)12-15)13-17-14-7/h15H,3-4H2,1-2H3,(H2,8,12)(H,10,14)(H,9,11,16). The summed E-state index contributed by atoms with van der Waals surface area (Å²) < 4.78 is 22.4. The second-order valence-corrected chi connectivity index (χ2v) is 5.51. The molecular weight excluding hydrogens is 262 g/mol. The SMILES string of the molecule is CN=S(C)(=O)NCCNc1nonc1/C(N)=N\O. The number of hydrogen-bond donors (Lipinski definition) is 4. The predicted octanol–water partition coefficient (Wildman–Crippen LogP) is -1.19. The molecule has 0 aliphatic rings. The van der Waals surface area contributed by atoms with E-state index >= 15 is 0 Å². The molecule has 0 radical (unpaired) electrons. The molecule has 0 fully saturated rings. The van der Waals surface area contributed by atoms with Crippen LogP contribution in [0.15, 0.2) is 14.1 Å². The van der Waals surface area contributed by atoms with Crippen LogP contribution < -0.4 is 15.8 Å². The third kappa shape index (κ3) is 3.85. The summed E-state index contributed by atoms with van der Waals surface area (Å²) in [5, 5.41) is 21.1. The van der Waals surface area contributed by atoms with Crippen LogP contribution in [0.4, 0.5) is 5.82 Å². The van der Waals surface area contributed by atoms with Gasteiger partial charge in [0.15, 0.2) is 11.5 Å². The maximum absolute atomic E-state index is 11.5. The van der Waals surface area contributed by atoms with Gasteiger partial charge in [-0.1, -0.05) is 5.16 Å². The summed E-state index contributed by atoms with van der Waals surface area (Å²) >= 11 is 0. The van der Waals surface area contributed by atoms with Gasteiger partial charge in [-0.15, -0.1) is 0 Å². The summed E-state index contributed by atoms with van der Waals surface area (Å²) in [6.07, 6.45) is 1.49. The van der Waals surface area contributed by atoms with Crippen molar-refractivity contribution in [3.63, 3.8) is 0 Å². The first kappa shape index (κ1) is 14.2. The van der Waals surface area contributed by atoms with Gasteiger partial charge in [0.1, 0.15) is 9.92 Å². The van der Waals surface area contributed by atoms with E-state index in [9.17, 15) is 4.21 Å². The monoisotopic (exact) mass is 277 g/mol. The van der Waals surface area contributed by atoms with Crippen molar-refractivity contribution >= 4 is 21.6 Å². The van der Waals surface area contributed by atoms with Crippen LogP contribution in [0.3, 0.4) is 0 Å². The van der Waals surface area contributed by atoms with Gasteiger partial charge in [-0.3, -0.25) is 0 Å². The van der Waals surface area contributed by atoms with Crippen LogP contribution in [-0.4, -0.2) is 52.0 Å². The molecule has 0 aliphatic heterocycles. The number of rotatable bonds is 6. The lowest BCUT2D eigenvalue weighted by Crippen LogP contribution is -2.28. The van der Waals surface area contributed by atoms with Gasteiger partial charge in [0.25, 0.3) is 0 Å². The van der Waals surface area contributed by atoms with Crippen molar-refractivity contribution in [2.75, 3.05) is 31.7 Å². The molecule has 0 spiro atoms. The smallest absolute Gasteiger partial charge is 0.202 e. The van der Waals surface area contributed by atoms with Crippen molar-refractivity contribution in [1.82, 2.24) is 15.0 Å². The Bertz CT molecular complexity index is 531. The van der Waals surface area contributed by atoms with Crippen LogP contribution in [0.1, 0.15) is 5.69 Å². The van der Waals surface area contributed by atoms with Gasteiger partial charge in [0, 0.05) is 26.4 Å². The predicted molar refractivity (Wildman–Crippen MR) is 65.7 cm³/mol. The Kier molecular flexibility index (Phi) is 4.85. The fourth-order valence-electron chi connectivity index (χ4n) is 1.01. The Hall–Kier alpha value is -1.88. The number of nitrogens with one attached hydrogen (secondary N) is 2. The van der Waals surface area contributed by atoms with Crippen molar-refractivity contribution in [2.24, 2.45) is 15.3 Å². The molecule has 11 heteroatoms. The lowest BCUT2D eigenvalue weighted by molar-refractivity contribution is 0.304. The Morgan fingerprint density at radius 2 is 2.28 bits per heavy atom. The summed E-state index contributed by atoms with van der Waals surface area (Å²) in [6.45, 7) is 0.773. The molecule has 1 aromatic rings. The molecule has 5 N–H and O–H groups in total. The summed E-state index contributed by atoms with van der Waals surface area (Å²) in [5.41, 5.74) is 5.46. The highest BCUT2D eigenvalue weighted by Gasteiger charge is 2.13. The maximum atomic E-state index is 11.5. The third-order valence-corrected chi connectivity index (χ3v) is 3.41. The van der Waals surface area contributed by atoms with Gasteiger partial charge in [-0.25, -0.2) is 17.9 Å². The Balaban J connectivity index is 2.51. The van der Waals surface area contributed by atoms with Crippen molar-refractivity contribution < 1.29 is 14.0 Å². The fourth-order valence-corrected chi connectivity index (χ4v) is 1.62. The molecule has 0 amide bonds. The lowest BCUT2D eigenvalue weighted by atomic mass is 10.4. The molecule has 1 heterocycles. The quantitative estimate of drug-likeness (QED) is 0.168. The number of nitrogens with zero attached hydrogens (tertiary/aromatic N) is 4. The lowest BCUT2D eigenvalue weighted by Gasteiger charge is -2.06. The van der Waals surface area contributed by atoms with E-state index in [1.54, 1.807) is 0 Å². The molecule has 1 atom stereocenters. The van der Waals surface area contributed by atoms with E-state index in [0.717, 1.165) is 0 Å². The summed E-state index contributed by atoms with van der Waals surface area (Å²) in [5.74, 6) is 0.0256. The van der Waals surface area contributed by atoms with Gasteiger partial charge >= 0.3 is 0 Å². The molecular formula is C7H15N7O3S. The fraction of sp³-hybridized carbons (Fsp3) is 0.571. The number of amidine groups is 1. The molecule has 1 unspecified atom stereocenters. The highest BCUT2D eigenvalue weighted by molar-refractivity contribution is 7.91. The molecule has 102 valence electrons. The minimum atomic E-state index is -2.35. The second kappa shape index (κ2) is 6.16. The molecule has 18 heavy (non-hydrogen) atoms. The molecule has 10 nitrogen and oxygen atoms in total. The minimum absolute atomic E-state index is 0.106. The second-order valence-electron chi connectivity index (χ2n) is 3.25. The normalized spacial score (nSPS) is 15.1. The molecule has 1 aromatic heterocycles. The first-order valence-electron chi connectivity index (χ1n) is 4.89. The highest BCUT2D eigenvalue weighted by Crippen LogP contribution is 2.07. The number of hydrogen-bond acceptors (Lipinski definition) is 8. The van der Waals surface area contributed by atoms with E-state index in [-0.39, 0.29) is 17.3 Å². The van der Waals surface area contributed by atoms with Crippen molar-refractivity contribution in [2.45, 2.75) is 0 Å². The van der Waals surface area contributed by atoms with E-state index in [2.05, 4.69) is 34.5 Å². The average molecular weight is 277 g/mol. The topological polar surface area (TPSA) is 151 Å². The van der Waals surface area contributed by atoms with Crippen molar-refractivity contribution in [3.8, 4) is 0 Å². The van der Waals surface area contributed by atoms with Crippen LogP contribution in [-0.2, 0) is 9.92 Å². The van der Waals surface area contributed by atoms with Crippen LogP contribution in [0.2, 0.25) is 0 Å². The number of oxime groups is 1. The van der Waals surface area contributed by atoms with E-state index in [1.165, 1.54) is 13.3 Å². The zero-order valence-corrected chi connectivity index (χ0v) is 10.8. The van der Waals surface area contributed by atoms with Gasteiger partial charge in [0.2, 0.25) is 5.82 Å².